The summed E-state index contributed by atoms with van der Waals surface area (Å²) in [5.74, 6) is 0.261. The smallest absolute Gasteiger partial charge is 0.222 e. The van der Waals surface area contributed by atoms with Crippen molar-refractivity contribution in [2.75, 3.05) is 12.3 Å². The number of halogens is 1. The van der Waals surface area contributed by atoms with E-state index in [0.29, 0.717) is 13.0 Å². The first-order chi connectivity index (χ1) is 8.66. The van der Waals surface area contributed by atoms with Crippen molar-refractivity contribution in [2.45, 2.75) is 38.6 Å². The van der Waals surface area contributed by atoms with Crippen LogP contribution in [-0.4, -0.2) is 17.4 Å². The van der Waals surface area contributed by atoms with Crippen LogP contribution in [0.4, 0.5) is 5.69 Å². The van der Waals surface area contributed by atoms with E-state index in [4.69, 9.17) is 5.73 Å². The highest BCUT2D eigenvalue weighted by Gasteiger charge is 2.16. The van der Waals surface area contributed by atoms with Gasteiger partial charge >= 0.3 is 0 Å². The van der Waals surface area contributed by atoms with Gasteiger partial charge in [-0.05, 0) is 30.5 Å². The average molecular weight is 311 g/mol. The molecule has 0 aromatic heterocycles. The Bertz CT molecular complexity index is 434. The van der Waals surface area contributed by atoms with Gasteiger partial charge in [-0.1, -0.05) is 34.8 Å². The van der Waals surface area contributed by atoms with Crippen molar-refractivity contribution in [2.24, 2.45) is 0 Å². The highest BCUT2D eigenvalue weighted by Crippen LogP contribution is 2.21. The van der Waals surface area contributed by atoms with Crippen LogP contribution in [-0.2, 0) is 11.3 Å². The van der Waals surface area contributed by atoms with Crippen molar-refractivity contribution in [3.8, 4) is 0 Å². The molecule has 1 aromatic carbocycles. The van der Waals surface area contributed by atoms with Gasteiger partial charge in [0.2, 0.25) is 5.91 Å². The topological polar surface area (TPSA) is 46.3 Å². The summed E-state index contributed by atoms with van der Waals surface area (Å²) in [6, 6.07) is 5.86. The van der Waals surface area contributed by atoms with E-state index < -0.39 is 0 Å². The SMILES string of the molecule is Nc1cc(Br)ccc1CN1CCCCCCC1=O. The molecule has 0 spiro atoms. The Balaban J connectivity index is 2.08. The second-order valence-electron chi connectivity index (χ2n) is 4.82. The Labute approximate surface area is 116 Å². The number of hydrogen-bond acceptors (Lipinski definition) is 2. The molecule has 2 N–H and O–H groups in total. The third-order valence-corrected chi connectivity index (χ3v) is 3.88. The molecule has 98 valence electrons. The van der Waals surface area contributed by atoms with E-state index in [0.717, 1.165) is 35.1 Å². The molecule has 0 radical (unpaired) electrons. The zero-order valence-electron chi connectivity index (χ0n) is 10.5. The van der Waals surface area contributed by atoms with Gasteiger partial charge in [-0.25, -0.2) is 0 Å². The number of hydrogen-bond donors (Lipinski definition) is 1. The van der Waals surface area contributed by atoms with E-state index >= 15 is 0 Å². The van der Waals surface area contributed by atoms with Crippen molar-refractivity contribution in [3.05, 3.63) is 28.2 Å². The molecule has 1 amide bonds. The number of carbonyl (C=O) groups is 1. The van der Waals surface area contributed by atoms with Crippen molar-refractivity contribution >= 4 is 27.5 Å². The second-order valence-corrected chi connectivity index (χ2v) is 5.74. The number of anilines is 1. The van der Waals surface area contributed by atoms with Crippen LogP contribution in [0.5, 0.6) is 0 Å². The summed E-state index contributed by atoms with van der Waals surface area (Å²) in [6.07, 6.45) is 5.20. The highest BCUT2D eigenvalue weighted by atomic mass is 79.9. The Hall–Kier alpha value is -1.03. The van der Waals surface area contributed by atoms with E-state index in [-0.39, 0.29) is 5.91 Å². The number of carbonyl (C=O) groups excluding carboxylic acids is 1. The zero-order chi connectivity index (χ0) is 13.0. The first kappa shape index (κ1) is 13.4. The molecule has 0 saturated carbocycles. The molecule has 3 nitrogen and oxygen atoms in total. The fourth-order valence-electron chi connectivity index (χ4n) is 2.30. The molecule has 1 aromatic rings. The van der Waals surface area contributed by atoms with Crippen LogP contribution < -0.4 is 5.73 Å². The van der Waals surface area contributed by atoms with Crippen LogP contribution in [0.3, 0.4) is 0 Å². The molecule has 1 aliphatic heterocycles. The molecule has 18 heavy (non-hydrogen) atoms. The number of nitrogens with zero attached hydrogens (tertiary/aromatic N) is 1. The predicted octanol–water partition coefficient (Wildman–Crippen LogP) is 3.32. The molecule has 1 fully saturated rings. The third kappa shape index (κ3) is 3.48. The molecular weight excluding hydrogens is 292 g/mol. The van der Waals surface area contributed by atoms with Gasteiger partial charge < -0.3 is 10.6 Å². The lowest BCUT2D eigenvalue weighted by Gasteiger charge is -2.25. The van der Waals surface area contributed by atoms with Crippen LogP contribution in [0.1, 0.15) is 37.7 Å². The monoisotopic (exact) mass is 310 g/mol. The summed E-state index contributed by atoms with van der Waals surface area (Å²) in [6.45, 7) is 1.49. The fourth-order valence-corrected chi connectivity index (χ4v) is 2.68. The fraction of sp³-hybridized carbons (Fsp3) is 0.500. The first-order valence-electron chi connectivity index (χ1n) is 6.48. The normalized spacial score (nSPS) is 17.4. The third-order valence-electron chi connectivity index (χ3n) is 3.39. The largest absolute Gasteiger partial charge is 0.398 e. The molecule has 0 aliphatic carbocycles. The first-order valence-corrected chi connectivity index (χ1v) is 7.28. The van der Waals surface area contributed by atoms with Gasteiger partial charge in [0, 0.05) is 29.7 Å². The van der Waals surface area contributed by atoms with Gasteiger partial charge in [0.15, 0.2) is 0 Å². The number of nitrogen functional groups attached to an aromatic ring is 1. The number of amides is 1. The van der Waals surface area contributed by atoms with Crippen LogP contribution in [0.2, 0.25) is 0 Å². The summed E-state index contributed by atoms with van der Waals surface area (Å²) in [4.78, 5) is 14.0. The Kier molecular flexibility index (Phi) is 4.64. The van der Waals surface area contributed by atoms with Gasteiger partial charge in [0.05, 0.1) is 0 Å². The minimum atomic E-state index is 0.261. The Morgan fingerprint density at radius 3 is 2.78 bits per heavy atom. The van der Waals surface area contributed by atoms with E-state index in [1.807, 2.05) is 23.1 Å². The summed E-state index contributed by atoms with van der Waals surface area (Å²) in [5, 5.41) is 0. The maximum Gasteiger partial charge on any atom is 0.222 e. The van der Waals surface area contributed by atoms with E-state index in [9.17, 15) is 4.79 Å². The lowest BCUT2D eigenvalue weighted by molar-refractivity contribution is -0.132. The van der Waals surface area contributed by atoms with Gasteiger partial charge in [0.25, 0.3) is 0 Å². The van der Waals surface area contributed by atoms with E-state index in [1.54, 1.807) is 0 Å². The quantitative estimate of drug-likeness (QED) is 0.852. The Morgan fingerprint density at radius 1 is 1.22 bits per heavy atom. The van der Waals surface area contributed by atoms with Crippen LogP contribution in [0.15, 0.2) is 22.7 Å². The number of rotatable bonds is 2. The molecule has 0 atom stereocenters. The van der Waals surface area contributed by atoms with Gasteiger partial charge in [0.1, 0.15) is 0 Å². The van der Waals surface area contributed by atoms with Crippen LogP contribution in [0.25, 0.3) is 0 Å². The minimum absolute atomic E-state index is 0.261. The van der Waals surface area contributed by atoms with E-state index in [1.165, 1.54) is 12.8 Å². The predicted molar refractivity (Wildman–Crippen MR) is 77.1 cm³/mol. The van der Waals surface area contributed by atoms with Crippen molar-refractivity contribution in [1.82, 2.24) is 4.90 Å². The highest BCUT2D eigenvalue weighted by molar-refractivity contribution is 9.10. The molecule has 1 aliphatic rings. The van der Waals surface area contributed by atoms with E-state index in [2.05, 4.69) is 15.9 Å². The lowest BCUT2D eigenvalue weighted by Crippen LogP contribution is -2.32. The number of nitrogens with two attached hydrogens (primary N) is 1. The summed E-state index contributed by atoms with van der Waals surface area (Å²) in [7, 11) is 0. The van der Waals surface area contributed by atoms with Crippen LogP contribution in [0, 0.1) is 0 Å². The summed E-state index contributed by atoms with van der Waals surface area (Å²) < 4.78 is 0.975. The van der Waals surface area contributed by atoms with Gasteiger partial charge in [-0.3, -0.25) is 4.79 Å². The van der Waals surface area contributed by atoms with Gasteiger partial charge in [-0.15, -0.1) is 0 Å². The lowest BCUT2D eigenvalue weighted by atomic mass is 10.1. The second kappa shape index (κ2) is 6.23. The van der Waals surface area contributed by atoms with Gasteiger partial charge in [-0.2, -0.15) is 0 Å². The Morgan fingerprint density at radius 2 is 2.00 bits per heavy atom. The molecule has 0 bridgehead atoms. The van der Waals surface area contributed by atoms with Crippen molar-refractivity contribution < 1.29 is 4.79 Å². The summed E-state index contributed by atoms with van der Waals surface area (Å²) >= 11 is 3.40. The van der Waals surface area contributed by atoms with Crippen molar-refractivity contribution in [3.63, 3.8) is 0 Å². The number of likely N-dealkylation sites (tertiary alicyclic amines) is 1. The molecular formula is C14H19BrN2O. The molecule has 4 heteroatoms. The summed E-state index contributed by atoms with van der Waals surface area (Å²) in [5.41, 5.74) is 7.77. The maximum atomic E-state index is 12.0. The molecule has 1 saturated heterocycles. The zero-order valence-corrected chi connectivity index (χ0v) is 12.1. The molecule has 2 rings (SSSR count). The standard InChI is InChI=1S/C14H19BrN2O/c15-12-7-6-11(13(16)9-12)10-17-8-4-2-1-3-5-14(17)18/h6-7,9H,1-5,8,10,16H2. The maximum absolute atomic E-state index is 12.0. The van der Waals surface area contributed by atoms with Crippen LogP contribution >= 0.6 is 15.9 Å². The number of benzene rings is 1. The van der Waals surface area contributed by atoms with Crippen molar-refractivity contribution in [1.29, 1.82) is 0 Å². The molecule has 1 heterocycles. The molecule has 0 unspecified atom stereocenters. The minimum Gasteiger partial charge on any atom is -0.398 e. The average Bonchev–Trinajstić information content (AvgIpc) is 2.31.